The maximum absolute atomic E-state index is 13.8. The maximum Gasteiger partial charge on any atom is 0.248 e. The molecular weight excluding hydrogens is 576 g/mol. The van der Waals surface area contributed by atoms with Crippen molar-refractivity contribution in [3.05, 3.63) is 65.2 Å². The molecule has 2 aliphatic heterocycles. The molecule has 2 atom stereocenters. The summed E-state index contributed by atoms with van der Waals surface area (Å²) in [5.74, 6) is -0.298. The standard InChI is InChI=1S/C34H48N4O5S/c1-3-4-20-38-32(40)30(31(39)28-8-6-5-7-9-28)35-33(41)34(38)18-21-37(22-19-34)23-26-14-16-29(17-15-26)36-44(42,43)24-27-12-10-25(2)11-13-27/h10-17,28,30-31,36,39H,3-9,18-24H2,1-2H3,(H,35,41)/t30-,31-/m1/s1. The second-order valence-corrected chi connectivity index (χ2v) is 14.8. The summed E-state index contributed by atoms with van der Waals surface area (Å²) in [6, 6.07) is 14.0. The minimum absolute atomic E-state index is 0.0526. The van der Waals surface area contributed by atoms with Gasteiger partial charge in [-0.05, 0) is 68.2 Å². The van der Waals surface area contributed by atoms with Crippen LogP contribution >= 0.6 is 0 Å². The number of aryl methyl sites for hydroxylation is 1. The molecule has 3 aliphatic rings. The van der Waals surface area contributed by atoms with Crippen LogP contribution in [0.4, 0.5) is 5.69 Å². The van der Waals surface area contributed by atoms with E-state index in [1.807, 2.05) is 43.3 Å². The van der Waals surface area contributed by atoms with Gasteiger partial charge >= 0.3 is 0 Å². The SMILES string of the molecule is CCCCN1C(=O)[C@@H]([C@H](O)C2CCCCC2)NC(=O)C12CCN(Cc1ccc(NS(=O)(=O)Cc3ccc(C)cc3)cc1)CC2. The van der Waals surface area contributed by atoms with E-state index >= 15 is 0 Å². The molecular formula is C34H48N4O5S. The maximum atomic E-state index is 13.8. The van der Waals surface area contributed by atoms with Crippen LogP contribution in [0.15, 0.2) is 48.5 Å². The van der Waals surface area contributed by atoms with Crippen molar-refractivity contribution in [1.29, 1.82) is 0 Å². The third kappa shape index (κ3) is 7.46. The van der Waals surface area contributed by atoms with Gasteiger partial charge in [-0.25, -0.2) is 8.42 Å². The molecule has 1 spiro atoms. The van der Waals surface area contributed by atoms with Crippen LogP contribution in [0.3, 0.4) is 0 Å². The molecule has 44 heavy (non-hydrogen) atoms. The summed E-state index contributed by atoms with van der Waals surface area (Å²) >= 11 is 0. The van der Waals surface area contributed by atoms with Gasteiger partial charge in [0.25, 0.3) is 0 Å². The van der Waals surface area contributed by atoms with Crippen LogP contribution in [-0.4, -0.2) is 72.5 Å². The molecule has 2 aromatic rings. The van der Waals surface area contributed by atoms with Crippen molar-refractivity contribution in [2.24, 2.45) is 5.92 Å². The summed E-state index contributed by atoms with van der Waals surface area (Å²) in [5, 5.41) is 14.2. The smallest absolute Gasteiger partial charge is 0.248 e. The van der Waals surface area contributed by atoms with Gasteiger partial charge in [0.2, 0.25) is 21.8 Å². The molecule has 2 saturated heterocycles. The van der Waals surface area contributed by atoms with E-state index in [-0.39, 0.29) is 23.5 Å². The minimum atomic E-state index is -3.54. The van der Waals surface area contributed by atoms with E-state index in [0.717, 1.165) is 61.6 Å². The van der Waals surface area contributed by atoms with E-state index in [0.29, 0.717) is 44.7 Å². The Kier molecular flexibility index (Phi) is 10.3. The highest BCUT2D eigenvalue weighted by molar-refractivity contribution is 7.91. The number of rotatable bonds is 11. The normalized spacial score (nSPS) is 22.2. The number of sulfonamides is 1. The fraction of sp³-hybridized carbons (Fsp3) is 0.588. The molecule has 9 nitrogen and oxygen atoms in total. The number of benzene rings is 2. The van der Waals surface area contributed by atoms with Crippen molar-refractivity contribution in [3.8, 4) is 0 Å². The number of carbonyl (C=O) groups excluding carboxylic acids is 2. The van der Waals surface area contributed by atoms with E-state index in [4.69, 9.17) is 0 Å². The third-order valence-corrected chi connectivity index (χ3v) is 11.0. The fourth-order valence-electron chi connectivity index (χ4n) is 7.09. The Bertz CT molecular complexity index is 1380. The first-order valence-corrected chi connectivity index (χ1v) is 17.9. The van der Waals surface area contributed by atoms with Gasteiger partial charge in [-0.1, -0.05) is 74.6 Å². The van der Waals surface area contributed by atoms with Crippen LogP contribution in [0.5, 0.6) is 0 Å². The summed E-state index contributed by atoms with van der Waals surface area (Å²) in [4.78, 5) is 31.7. The van der Waals surface area contributed by atoms with E-state index in [2.05, 4.69) is 21.9 Å². The Hall–Kier alpha value is -2.95. The monoisotopic (exact) mass is 624 g/mol. The highest BCUT2D eigenvalue weighted by atomic mass is 32.2. The first-order valence-electron chi connectivity index (χ1n) is 16.3. The van der Waals surface area contributed by atoms with Gasteiger partial charge in [-0.15, -0.1) is 0 Å². The molecule has 240 valence electrons. The van der Waals surface area contributed by atoms with Crippen molar-refractivity contribution in [2.45, 2.75) is 102 Å². The lowest BCUT2D eigenvalue weighted by Gasteiger charge is -2.52. The molecule has 10 heteroatoms. The van der Waals surface area contributed by atoms with E-state index in [1.54, 1.807) is 17.0 Å². The number of aliphatic hydroxyl groups excluding tert-OH is 1. The number of anilines is 1. The molecule has 0 bridgehead atoms. The molecule has 1 saturated carbocycles. The van der Waals surface area contributed by atoms with Gasteiger partial charge < -0.3 is 15.3 Å². The number of nitrogens with one attached hydrogen (secondary N) is 2. The molecule has 0 aromatic heterocycles. The minimum Gasteiger partial charge on any atom is -0.390 e. The summed E-state index contributed by atoms with van der Waals surface area (Å²) in [5.41, 5.74) is 2.50. The van der Waals surface area contributed by atoms with Crippen molar-refractivity contribution < 1.29 is 23.1 Å². The predicted molar refractivity (Wildman–Crippen MR) is 172 cm³/mol. The molecule has 1 aliphatic carbocycles. The van der Waals surface area contributed by atoms with Gasteiger partial charge in [-0.3, -0.25) is 19.2 Å². The van der Waals surface area contributed by atoms with E-state index in [1.165, 1.54) is 0 Å². The number of likely N-dealkylation sites (tertiary alicyclic amines) is 1. The number of piperazine rings is 1. The van der Waals surface area contributed by atoms with Gasteiger partial charge in [-0.2, -0.15) is 0 Å². The van der Waals surface area contributed by atoms with Gasteiger partial charge in [0.15, 0.2) is 0 Å². The average molecular weight is 625 g/mol. The Labute approximate surface area is 262 Å². The van der Waals surface area contributed by atoms with E-state index in [9.17, 15) is 23.1 Å². The zero-order chi connectivity index (χ0) is 31.3. The number of piperidine rings is 1. The predicted octanol–water partition coefficient (Wildman–Crippen LogP) is 4.34. The largest absolute Gasteiger partial charge is 0.390 e. The highest BCUT2D eigenvalue weighted by Crippen LogP contribution is 2.36. The summed E-state index contributed by atoms with van der Waals surface area (Å²) in [6.45, 7) is 6.56. The van der Waals surface area contributed by atoms with Crippen molar-refractivity contribution in [2.75, 3.05) is 24.4 Å². The lowest BCUT2D eigenvalue weighted by molar-refractivity contribution is -0.166. The number of hydrogen-bond acceptors (Lipinski definition) is 6. The lowest BCUT2D eigenvalue weighted by Crippen LogP contribution is -2.75. The Morgan fingerprint density at radius 3 is 2.25 bits per heavy atom. The van der Waals surface area contributed by atoms with Crippen molar-refractivity contribution in [3.63, 3.8) is 0 Å². The molecule has 0 unspecified atom stereocenters. The quantitative estimate of drug-likeness (QED) is 0.342. The van der Waals surface area contributed by atoms with Crippen LogP contribution in [0.2, 0.25) is 0 Å². The van der Waals surface area contributed by atoms with Crippen molar-refractivity contribution in [1.82, 2.24) is 15.1 Å². The average Bonchev–Trinajstić information content (AvgIpc) is 3.02. The molecule has 5 rings (SSSR count). The van der Waals surface area contributed by atoms with Crippen LogP contribution in [0, 0.1) is 12.8 Å². The number of amides is 2. The Morgan fingerprint density at radius 1 is 0.977 bits per heavy atom. The number of aliphatic hydroxyl groups is 1. The van der Waals surface area contributed by atoms with Gasteiger partial charge in [0, 0.05) is 31.9 Å². The van der Waals surface area contributed by atoms with Crippen LogP contribution in [0.1, 0.15) is 81.4 Å². The second-order valence-electron chi connectivity index (χ2n) is 13.0. The van der Waals surface area contributed by atoms with Crippen molar-refractivity contribution >= 4 is 27.5 Å². The molecule has 2 amide bonds. The number of hydrogen-bond donors (Lipinski definition) is 3. The topological polar surface area (TPSA) is 119 Å². The molecule has 3 fully saturated rings. The molecule has 3 N–H and O–H groups in total. The zero-order valence-electron chi connectivity index (χ0n) is 26.1. The van der Waals surface area contributed by atoms with Gasteiger partial charge in [0.1, 0.15) is 11.6 Å². The lowest BCUT2D eigenvalue weighted by atomic mass is 9.78. The number of unbranched alkanes of at least 4 members (excludes halogenated alkanes) is 1. The Balaban J connectivity index is 1.19. The fourth-order valence-corrected chi connectivity index (χ4v) is 8.29. The molecule has 0 radical (unpaired) electrons. The van der Waals surface area contributed by atoms with Gasteiger partial charge in [0.05, 0.1) is 11.9 Å². The molecule has 2 heterocycles. The van der Waals surface area contributed by atoms with E-state index < -0.39 is 27.7 Å². The Morgan fingerprint density at radius 2 is 1.61 bits per heavy atom. The van der Waals surface area contributed by atoms with Crippen LogP contribution in [-0.2, 0) is 31.9 Å². The number of nitrogens with zero attached hydrogens (tertiary/aromatic N) is 2. The number of carbonyl (C=O) groups is 2. The second kappa shape index (κ2) is 14.0. The first-order chi connectivity index (χ1) is 21.1. The highest BCUT2D eigenvalue weighted by Gasteiger charge is 2.55. The first kappa shape index (κ1) is 32.4. The van der Waals surface area contributed by atoms with Crippen LogP contribution in [0.25, 0.3) is 0 Å². The van der Waals surface area contributed by atoms with Crippen LogP contribution < -0.4 is 10.0 Å². The zero-order valence-corrected chi connectivity index (χ0v) is 26.9. The summed E-state index contributed by atoms with van der Waals surface area (Å²) < 4.78 is 28.1. The third-order valence-electron chi connectivity index (χ3n) is 9.76. The summed E-state index contributed by atoms with van der Waals surface area (Å²) in [6.07, 6.45) is 7.04. The molecule has 2 aromatic carbocycles. The summed E-state index contributed by atoms with van der Waals surface area (Å²) in [7, 11) is -3.54.